The first-order chi connectivity index (χ1) is 15.3. The molecule has 0 saturated carbocycles. The number of pyridine rings is 1. The Labute approximate surface area is 193 Å². The van der Waals surface area contributed by atoms with Gasteiger partial charge in [-0.3, -0.25) is 9.36 Å². The van der Waals surface area contributed by atoms with Gasteiger partial charge in [-0.2, -0.15) is 4.73 Å². The number of carbonyl (C=O) groups is 2. The third kappa shape index (κ3) is 3.27. The highest BCUT2D eigenvalue weighted by Gasteiger charge is 2.31. The van der Waals surface area contributed by atoms with Crippen molar-refractivity contribution in [2.75, 3.05) is 14.1 Å². The number of carbonyl (C=O) groups excluding carboxylic acids is 2. The fourth-order valence-corrected chi connectivity index (χ4v) is 5.55. The second kappa shape index (κ2) is 7.72. The molecular weight excluding hydrogens is 448 g/mol. The first kappa shape index (κ1) is 20.7. The largest absolute Gasteiger partial charge is 0.619 e. The van der Waals surface area contributed by atoms with E-state index in [9.17, 15) is 14.8 Å². The number of aromatic nitrogens is 3. The highest BCUT2D eigenvalue weighted by molar-refractivity contribution is 7.99. The first-order valence-electron chi connectivity index (χ1n) is 9.92. The van der Waals surface area contributed by atoms with Gasteiger partial charge < -0.3 is 14.7 Å². The molecule has 0 N–H and O–H groups in total. The molecule has 1 aliphatic rings. The van der Waals surface area contributed by atoms with Gasteiger partial charge in [-0.05, 0) is 24.3 Å². The van der Waals surface area contributed by atoms with E-state index in [0.717, 1.165) is 16.0 Å². The SMILES string of the molecule is CN(C)C(=O)n1cc(C(=O)c2ccn3c2CSC3c2ccc[n+]([O-])c2)c2ccc(Cl)cc21. The molecule has 4 aromatic rings. The number of nitrogens with zero attached hydrogens (tertiary/aromatic N) is 4. The molecule has 0 bridgehead atoms. The van der Waals surface area contributed by atoms with Crippen LogP contribution in [0.3, 0.4) is 0 Å². The summed E-state index contributed by atoms with van der Waals surface area (Å²) in [5.41, 5.74) is 3.42. The normalized spacial score (nSPS) is 15.2. The second-order valence-corrected chi connectivity index (χ2v) is 9.33. The number of ketones is 1. The summed E-state index contributed by atoms with van der Waals surface area (Å²) in [5, 5.41) is 12.8. The van der Waals surface area contributed by atoms with Crippen molar-refractivity contribution in [1.82, 2.24) is 14.0 Å². The molecule has 1 aromatic carbocycles. The molecular formula is C23H19ClN4O3S. The molecule has 3 aromatic heterocycles. The summed E-state index contributed by atoms with van der Waals surface area (Å²) in [4.78, 5) is 27.8. The van der Waals surface area contributed by atoms with Gasteiger partial charge >= 0.3 is 6.03 Å². The average molecular weight is 467 g/mol. The Hall–Kier alpha value is -3.23. The maximum absolute atomic E-state index is 13.6. The van der Waals surface area contributed by atoms with Crippen LogP contribution in [-0.2, 0) is 5.75 Å². The molecule has 0 aliphatic carbocycles. The summed E-state index contributed by atoms with van der Waals surface area (Å²) in [6, 6.07) is 10.4. The standard InChI is InChI=1S/C23H19ClN4O3S/c1-25(2)23(30)28-12-18(16-6-5-15(24)10-19(16)28)21(29)17-7-9-27-20(17)13-32-22(27)14-4-3-8-26(31)11-14/h3-12,22H,13H2,1-2H3. The topological polar surface area (TPSA) is 74.2 Å². The number of hydrogen-bond donors (Lipinski definition) is 0. The lowest BCUT2D eigenvalue weighted by Crippen LogP contribution is -2.26. The summed E-state index contributed by atoms with van der Waals surface area (Å²) in [7, 11) is 3.32. The van der Waals surface area contributed by atoms with Gasteiger partial charge in [-0.15, -0.1) is 11.8 Å². The van der Waals surface area contributed by atoms with Gasteiger partial charge in [0.15, 0.2) is 18.2 Å². The third-order valence-electron chi connectivity index (χ3n) is 5.58. The molecule has 162 valence electrons. The van der Waals surface area contributed by atoms with E-state index in [-0.39, 0.29) is 17.2 Å². The molecule has 1 amide bonds. The van der Waals surface area contributed by atoms with Crippen LogP contribution in [0.4, 0.5) is 4.79 Å². The lowest BCUT2D eigenvalue weighted by atomic mass is 10.0. The zero-order valence-electron chi connectivity index (χ0n) is 17.4. The van der Waals surface area contributed by atoms with Crippen LogP contribution < -0.4 is 4.73 Å². The van der Waals surface area contributed by atoms with Gasteiger partial charge in [0, 0.05) is 65.5 Å². The number of halogens is 1. The second-order valence-electron chi connectivity index (χ2n) is 7.82. The van der Waals surface area contributed by atoms with E-state index in [1.165, 1.54) is 15.7 Å². The Morgan fingerprint density at radius 1 is 1.22 bits per heavy atom. The molecule has 0 spiro atoms. The van der Waals surface area contributed by atoms with Crippen LogP contribution in [0.15, 0.2) is 61.2 Å². The van der Waals surface area contributed by atoms with Crippen molar-refractivity contribution in [3.8, 4) is 0 Å². The number of hydrogen-bond acceptors (Lipinski definition) is 4. The van der Waals surface area contributed by atoms with Crippen molar-refractivity contribution in [3.63, 3.8) is 0 Å². The predicted octanol–water partition coefficient (Wildman–Crippen LogP) is 4.28. The minimum atomic E-state index is -0.260. The molecule has 1 unspecified atom stereocenters. The Morgan fingerprint density at radius 3 is 2.78 bits per heavy atom. The Kier molecular flexibility index (Phi) is 4.98. The van der Waals surface area contributed by atoms with E-state index in [2.05, 4.69) is 0 Å². The lowest BCUT2D eigenvalue weighted by molar-refractivity contribution is -0.605. The predicted molar refractivity (Wildman–Crippen MR) is 124 cm³/mol. The van der Waals surface area contributed by atoms with Crippen molar-refractivity contribution >= 4 is 46.1 Å². The zero-order chi connectivity index (χ0) is 22.6. The van der Waals surface area contributed by atoms with Crippen LogP contribution >= 0.6 is 23.4 Å². The maximum atomic E-state index is 13.6. The number of fused-ring (bicyclic) bond motifs is 2. The molecule has 32 heavy (non-hydrogen) atoms. The monoisotopic (exact) mass is 466 g/mol. The van der Waals surface area contributed by atoms with Crippen molar-refractivity contribution < 1.29 is 14.3 Å². The number of amides is 1. The molecule has 5 rings (SSSR count). The first-order valence-corrected chi connectivity index (χ1v) is 11.3. The smallest absolute Gasteiger partial charge is 0.328 e. The van der Waals surface area contributed by atoms with Crippen LogP contribution in [0, 0.1) is 5.21 Å². The fraction of sp³-hybridized carbons (Fsp3) is 0.174. The van der Waals surface area contributed by atoms with Gasteiger partial charge in [-0.25, -0.2) is 4.79 Å². The van der Waals surface area contributed by atoms with Crippen LogP contribution in [-0.4, -0.2) is 39.9 Å². The summed E-state index contributed by atoms with van der Waals surface area (Å²) >= 11 is 7.83. The number of thioether (sulfide) groups is 1. The molecule has 1 aliphatic heterocycles. The van der Waals surface area contributed by atoms with Crippen molar-refractivity contribution in [2.45, 2.75) is 11.1 Å². The third-order valence-corrected chi connectivity index (χ3v) is 7.07. The minimum absolute atomic E-state index is 0.0663. The van der Waals surface area contributed by atoms with E-state index in [4.69, 9.17) is 11.6 Å². The highest BCUT2D eigenvalue weighted by Crippen LogP contribution is 2.42. The van der Waals surface area contributed by atoms with E-state index >= 15 is 0 Å². The number of rotatable bonds is 3. The van der Waals surface area contributed by atoms with Crippen molar-refractivity contribution in [3.05, 3.63) is 93.8 Å². The molecule has 1 atom stereocenters. The number of benzene rings is 1. The molecule has 4 heterocycles. The zero-order valence-corrected chi connectivity index (χ0v) is 18.9. The molecule has 0 fully saturated rings. The summed E-state index contributed by atoms with van der Waals surface area (Å²) in [6.07, 6.45) is 6.48. The summed E-state index contributed by atoms with van der Waals surface area (Å²) in [6.45, 7) is 0. The highest BCUT2D eigenvalue weighted by atomic mass is 35.5. The van der Waals surface area contributed by atoms with E-state index < -0.39 is 0 Å². The Balaban J connectivity index is 1.58. The lowest BCUT2D eigenvalue weighted by Gasteiger charge is -2.11. The Morgan fingerprint density at radius 2 is 2.03 bits per heavy atom. The van der Waals surface area contributed by atoms with Gasteiger partial charge in [0.05, 0.1) is 11.1 Å². The maximum Gasteiger partial charge on any atom is 0.328 e. The van der Waals surface area contributed by atoms with Gasteiger partial charge in [0.25, 0.3) is 0 Å². The van der Waals surface area contributed by atoms with Gasteiger partial charge in [0.2, 0.25) is 0 Å². The fourth-order valence-electron chi connectivity index (χ4n) is 4.07. The molecule has 7 nitrogen and oxygen atoms in total. The molecule has 0 saturated heterocycles. The summed E-state index contributed by atoms with van der Waals surface area (Å²) in [5.74, 6) is 0.498. The van der Waals surface area contributed by atoms with E-state index in [0.29, 0.717) is 32.8 Å². The van der Waals surface area contributed by atoms with Crippen LogP contribution in [0.25, 0.3) is 10.9 Å². The minimum Gasteiger partial charge on any atom is -0.619 e. The molecule has 9 heteroatoms. The van der Waals surface area contributed by atoms with E-state index in [1.807, 2.05) is 22.9 Å². The molecule has 0 radical (unpaired) electrons. The van der Waals surface area contributed by atoms with Gasteiger partial charge in [0.1, 0.15) is 5.37 Å². The summed E-state index contributed by atoms with van der Waals surface area (Å²) < 4.78 is 4.28. The van der Waals surface area contributed by atoms with Gasteiger partial charge in [-0.1, -0.05) is 17.7 Å². The Bertz CT molecular complexity index is 1390. The quantitative estimate of drug-likeness (QED) is 0.256. The van der Waals surface area contributed by atoms with Crippen LogP contribution in [0.5, 0.6) is 0 Å². The van der Waals surface area contributed by atoms with Crippen molar-refractivity contribution in [1.29, 1.82) is 0 Å². The van der Waals surface area contributed by atoms with E-state index in [1.54, 1.807) is 62.5 Å². The average Bonchev–Trinajstić information content (AvgIpc) is 3.45. The van der Waals surface area contributed by atoms with Crippen molar-refractivity contribution in [2.24, 2.45) is 0 Å². The van der Waals surface area contributed by atoms with Crippen LogP contribution in [0.1, 0.15) is 32.6 Å². The van der Waals surface area contributed by atoms with Crippen LogP contribution in [0.2, 0.25) is 5.02 Å².